The van der Waals surface area contributed by atoms with E-state index in [-0.39, 0.29) is 11.8 Å². The molecule has 0 aliphatic rings. The highest BCUT2D eigenvalue weighted by molar-refractivity contribution is 5.89. The van der Waals surface area contributed by atoms with E-state index in [2.05, 4.69) is 31.2 Å². The Hall–Kier alpha value is -3.94. The summed E-state index contributed by atoms with van der Waals surface area (Å²) in [5.41, 5.74) is 3.12. The summed E-state index contributed by atoms with van der Waals surface area (Å²) >= 11 is 0. The molecule has 1 heterocycles. The fourth-order valence-electron chi connectivity index (χ4n) is 2.47. The third-order valence-electron chi connectivity index (χ3n) is 3.62. The molecular formula is C20H20N6O2. The molecule has 0 saturated heterocycles. The number of hydrogen-bond acceptors (Lipinski definition) is 6. The third-order valence-corrected chi connectivity index (χ3v) is 3.62. The van der Waals surface area contributed by atoms with E-state index < -0.39 is 0 Å². The molecule has 0 unspecified atom stereocenters. The zero-order chi connectivity index (χ0) is 19.9. The van der Waals surface area contributed by atoms with Gasteiger partial charge in [0.2, 0.25) is 11.8 Å². The summed E-state index contributed by atoms with van der Waals surface area (Å²) in [6, 6.07) is 16.4. The first kappa shape index (κ1) is 18.8. The van der Waals surface area contributed by atoms with E-state index in [0.717, 1.165) is 22.7 Å². The summed E-state index contributed by atoms with van der Waals surface area (Å²) in [6.45, 7) is 2.93. The van der Waals surface area contributed by atoms with Crippen molar-refractivity contribution in [1.82, 2.24) is 9.97 Å². The monoisotopic (exact) mass is 376 g/mol. The lowest BCUT2D eigenvalue weighted by molar-refractivity contribution is -0.115. The molecule has 0 fully saturated rings. The standard InChI is InChI=1S/C20H20N6O2/c1-13(27)23-15-3-7-17(8-4-15)25-19-11-20(22-12-21-19)26-18-9-5-16(6-10-18)24-14(2)28/h3-12H,1-2H3,(H,23,27)(H,24,28)(H2,21,22,25,26). The Labute approximate surface area is 162 Å². The van der Waals surface area contributed by atoms with Crippen molar-refractivity contribution in [3.05, 3.63) is 60.9 Å². The van der Waals surface area contributed by atoms with Crippen molar-refractivity contribution in [3.63, 3.8) is 0 Å². The predicted molar refractivity (Wildman–Crippen MR) is 110 cm³/mol. The molecule has 0 atom stereocenters. The van der Waals surface area contributed by atoms with Crippen molar-refractivity contribution >= 4 is 46.2 Å². The summed E-state index contributed by atoms with van der Waals surface area (Å²) in [4.78, 5) is 30.6. The van der Waals surface area contributed by atoms with Crippen LogP contribution in [0.1, 0.15) is 13.8 Å². The maximum atomic E-state index is 11.1. The van der Waals surface area contributed by atoms with Gasteiger partial charge in [-0.25, -0.2) is 9.97 Å². The molecule has 0 spiro atoms. The fourth-order valence-corrected chi connectivity index (χ4v) is 2.47. The molecule has 2 amide bonds. The lowest BCUT2D eigenvalue weighted by Crippen LogP contribution is -2.05. The molecule has 3 aromatic rings. The van der Waals surface area contributed by atoms with Crippen LogP contribution in [0, 0.1) is 0 Å². The van der Waals surface area contributed by atoms with Gasteiger partial charge >= 0.3 is 0 Å². The SMILES string of the molecule is CC(=O)Nc1ccc(Nc2cc(Nc3ccc(NC(C)=O)cc3)ncn2)cc1. The Morgan fingerprint density at radius 1 is 0.643 bits per heavy atom. The Kier molecular flexibility index (Phi) is 5.81. The number of aromatic nitrogens is 2. The second-order valence-corrected chi connectivity index (χ2v) is 6.06. The van der Waals surface area contributed by atoms with E-state index in [1.165, 1.54) is 20.2 Å². The second-order valence-electron chi connectivity index (χ2n) is 6.06. The van der Waals surface area contributed by atoms with Crippen molar-refractivity contribution in [3.8, 4) is 0 Å². The van der Waals surface area contributed by atoms with Crippen LogP contribution in [0.25, 0.3) is 0 Å². The molecule has 3 rings (SSSR count). The van der Waals surface area contributed by atoms with Gasteiger partial charge in [0, 0.05) is 42.7 Å². The molecule has 142 valence electrons. The minimum Gasteiger partial charge on any atom is -0.340 e. The maximum absolute atomic E-state index is 11.1. The smallest absolute Gasteiger partial charge is 0.221 e. The summed E-state index contributed by atoms with van der Waals surface area (Å²) in [5, 5.41) is 11.8. The number of amides is 2. The number of nitrogens with zero attached hydrogens (tertiary/aromatic N) is 2. The number of rotatable bonds is 6. The number of carbonyl (C=O) groups excluding carboxylic acids is 2. The predicted octanol–water partition coefficient (Wildman–Crippen LogP) is 3.88. The highest BCUT2D eigenvalue weighted by Gasteiger charge is 2.02. The average Bonchev–Trinajstić information content (AvgIpc) is 2.64. The van der Waals surface area contributed by atoms with Crippen LogP contribution in [-0.4, -0.2) is 21.8 Å². The third kappa shape index (κ3) is 5.53. The largest absolute Gasteiger partial charge is 0.340 e. The van der Waals surface area contributed by atoms with Crippen LogP contribution < -0.4 is 21.3 Å². The quantitative estimate of drug-likeness (QED) is 0.520. The van der Waals surface area contributed by atoms with Gasteiger partial charge in [0.15, 0.2) is 0 Å². The minimum atomic E-state index is -0.114. The topological polar surface area (TPSA) is 108 Å². The van der Waals surface area contributed by atoms with Gasteiger partial charge in [-0.1, -0.05) is 0 Å². The van der Waals surface area contributed by atoms with Crippen molar-refractivity contribution < 1.29 is 9.59 Å². The van der Waals surface area contributed by atoms with Gasteiger partial charge < -0.3 is 21.3 Å². The first-order valence-corrected chi connectivity index (χ1v) is 8.59. The van der Waals surface area contributed by atoms with Gasteiger partial charge in [0.1, 0.15) is 18.0 Å². The Morgan fingerprint density at radius 3 is 1.36 bits per heavy atom. The number of carbonyl (C=O) groups is 2. The van der Waals surface area contributed by atoms with E-state index in [1.807, 2.05) is 24.3 Å². The minimum absolute atomic E-state index is 0.114. The van der Waals surface area contributed by atoms with Crippen LogP contribution in [0.2, 0.25) is 0 Å². The molecule has 0 aliphatic carbocycles. The Balaban J connectivity index is 1.65. The summed E-state index contributed by atoms with van der Waals surface area (Å²) in [5.74, 6) is 1.02. The van der Waals surface area contributed by atoms with Crippen molar-refractivity contribution in [2.75, 3.05) is 21.3 Å². The molecule has 0 aliphatic heterocycles. The van der Waals surface area contributed by atoms with Crippen LogP contribution in [-0.2, 0) is 9.59 Å². The maximum Gasteiger partial charge on any atom is 0.221 e. The summed E-state index contributed by atoms with van der Waals surface area (Å²) in [6.07, 6.45) is 1.46. The first-order chi connectivity index (χ1) is 13.5. The lowest BCUT2D eigenvalue weighted by atomic mass is 10.2. The molecule has 0 saturated carbocycles. The highest BCUT2D eigenvalue weighted by Crippen LogP contribution is 2.21. The van der Waals surface area contributed by atoms with E-state index in [0.29, 0.717) is 11.6 Å². The van der Waals surface area contributed by atoms with Crippen LogP contribution >= 0.6 is 0 Å². The van der Waals surface area contributed by atoms with Crippen molar-refractivity contribution in [1.29, 1.82) is 0 Å². The molecule has 8 nitrogen and oxygen atoms in total. The van der Waals surface area contributed by atoms with E-state index in [4.69, 9.17) is 0 Å². The second kappa shape index (κ2) is 8.63. The van der Waals surface area contributed by atoms with Gasteiger partial charge in [-0.15, -0.1) is 0 Å². The molecule has 28 heavy (non-hydrogen) atoms. The van der Waals surface area contributed by atoms with E-state index in [9.17, 15) is 9.59 Å². The van der Waals surface area contributed by atoms with E-state index in [1.54, 1.807) is 30.3 Å². The number of nitrogens with one attached hydrogen (secondary N) is 4. The molecule has 8 heteroatoms. The van der Waals surface area contributed by atoms with Gasteiger partial charge in [-0.05, 0) is 48.5 Å². The lowest BCUT2D eigenvalue weighted by Gasteiger charge is -2.10. The molecular weight excluding hydrogens is 356 g/mol. The van der Waals surface area contributed by atoms with Crippen LogP contribution in [0.15, 0.2) is 60.9 Å². The number of benzene rings is 2. The average molecular weight is 376 g/mol. The molecule has 0 radical (unpaired) electrons. The summed E-state index contributed by atoms with van der Waals surface area (Å²) < 4.78 is 0. The van der Waals surface area contributed by atoms with Gasteiger partial charge in [-0.2, -0.15) is 0 Å². The Morgan fingerprint density at radius 2 is 1.00 bits per heavy atom. The summed E-state index contributed by atoms with van der Waals surface area (Å²) in [7, 11) is 0. The fraction of sp³-hybridized carbons (Fsp3) is 0.100. The normalized spacial score (nSPS) is 10.1. The van der Waals surface area contributed by atoms with Crippen molar-refractivity contribution in [2.45, 2.75) is 13.8 Å². The van der Waals surface area contributed by atoms with Crippen LogP contribution in [0.5, 0.6) is 0 Å². The number of anilines is 6. The first-order valence-electron chi connectivity index (χ1n) is 8.59. The highest BCUT2D eigenvalue weighted by atomic mass is 16.2. The van der Waals surface area contributed by atoms with Crippen LogP contribution in [0.3, 0.4) is 0 Å². The van der Waals surface area contributed by atoms with Crippen LogP contribution in [0.4, 0.5) is 34.4 Å². The Bertz CT molecular complexity index is 894. The zero-order valence-electron chi connectivity index (χ0n) is 15.5. The molecule has 0 bridgehead atoms. The van der Waals surface area contributed by atoms with Gasteiger partial charge in [0.25, 0.3) is 0 Å². The van der Waals surface area contributed by atoms with Gasteiger partial charge in [-0.3, -0.25) is 9.59 Å². The number of hydrogen-bond donors (Lipinski definition) is 4. The van der Waals surface area contributed by atoms with E-state index >= 15 is 0 Å². The molecule has 4 N–H and O–H groups in total. The zero-order valence-corrected chi connectivity index (χ0v) is 15.5. The molecule has 2 aromatic carbocycles. The van der Waals surface area contributed by atoms with Gasteiger partial charge in [0.05, 0.1) is 0 Å². The molecule has 1 aromatic heterocycles. The van der Waals surface area contributed by atoms with Crippen molar-refractivity contribution in [2.24, 2.45) is 0 Å².